The lowest BCUT2D eigenvalue weighted by Gasteiger charge is -2.07. The number of fused-ring (bicyclic) bond motifs is 1. The molecule has 0 saturated carbocycles. The van der Waals surface area contributed by atoms with Gasteiger partial charge in [0.25, 0.3) is 5.91 Å². The third-order valence-corrected chi connectivity index (χ3v) is 4.24. The lowest BCUT2D eigenvalue weighted by Crippen LogP contribution is -2.29. The van der Waals surface area contributed by atoms with E-state index in [-0.39, 0.29) is 12.5 Å². The number of hydrogen-bond acceptors (Lipinski definition) is 4. The maximum atomic E-state index is 12.1. The molecule has 5 nitrogen and oxygen atoms in total. The van der Waals surface area contributed by atoms with Crippen molar-refractivity contribution in [1.29, 1.82) is 0 Å². The van der Waals surface area contributed by atoms with Crippen LogP contribution in [0.5, 0.6) is 0 Å². The van der Waals surface area contributed by atoms with Crippen LogP contribution >= 0.6 is 11.6 Å². The van der Waals surface area contributed by atoms with Gasteiger partial charge in [0.15, 0.2) is 6.61 Å². The van der Waals surface area contributed by atoms with E-state index in [1.54, 1.807) is 30.3 Å². The highest BCUT2D eigenvalue weighted by atomic mass is 35.5. The van der Waals surface area contributed by atoms with Gasteiger partial charge in [-0.3, -0.25) is 4.79 Å². The number of pyridine rings is 1. The molecule has 0 saturated heterocycles. The van der Waals surface area contributed by atoms with E-state index in [0.717, 1.165) is 18.2 Å². The standard InChI is InChI=1S/C21H19ClN2O3/c22-19-11-9-16-13-17(8-10-18(16)24-19)21(26)27-14-20(25)23-12-4-7-15-5-2-1-3-6-15/h1-3,5-6,8-11,13H,4,7,12,14H2,(H,23,25). The van der Waals surface area contributed by atoms with E-state index in [1.165, 1.54) is 5.56 Å². The number of nitrogens with one attached hydrogen (secondary N) is 1. The number of aryl methyl sites for hydroxylation is 1. The van der Waals surface area contributed by atoms with Crippen LogP contribution in [0.1, 0.15) is 22.3 Å². The zero-order valence-electron chi connectivity index (χ0n) is 14.7. The fourth-order valence-electron chi connectivity index (χ4n) is 2.66. The highest BCUT2D eigenvalue weighted by molar-refractivity contribution is 6.29. The Kier molecular flexibility index (Phi) is 6.39. The van der Waals surface area contributed by atoms with E-state index in [4.69, 9.17) is 16.3 Å². The third-order valence-electron chi connectivity index (χ3n) is 4.03. The minimum absolute atomic E-state index is 0.304. The smallest absolute Gasteiger partial charge is 0.338 e. The highest BCUT2D eigenvalue weighted by Gasteiger charge is 2.11. The van der Waals surface area contributed by atoms with Gasteiger partial charge in [-0.15, -0.1) is 0 Å². The number of halogens is 1. The topological polar surface area (TPSA) is 68.3 Å². The number of rotatable bonds is 7. The van der Waals surface area contributed by atoms with Crippen molar-refractivity contribution in [3.8, 4) is 0 Å². The van der Waals surface area contributed by atoms with Gasteiger partial charge in [-0.1, -0.05) is 41.9 Å². The van der Waals surface area contributed by atoms with Crippen molar-refractivity contribution in [3.05, 3.63) is 76.9 Å². The minimum Gasteiger partial charge on any atom is -0.452 e. The van der Waals surface area contributed by atoms with Crippen molar-refractivity contribution in [2.24, 2.45) is 0 Å². The Labute approximate surface area is 162 Å². The van der Waals surface area contributed by atoms with E-state index in [2.05, 4.69) is 22.4 Å². The summed E-state index contributed by atoms with van der Waals surface area (Å²) in [4.78, 5) is 28.1. The number of esters is 1. The molecule has 0 bridgehead atoms. The summed E-state index contributed by atoms with van der Waals surface area (Å²) in [6, 6.07) is 18.5. The van der Waals surface area contributed by atoms with Gasteiger partial charge in [-0.25, -0.2) is 9.78 Å². The Morgan fingerprint density at radius 3 is 2.67 bits per heavy atom. The second-order valence-corrected chi connectivity index (χ2v) is 6.44. The van der Waals surface area contributed by atoms with E-state index in [1.807, 2.05) is 18.2 Å². The fourth-order valence-corrected chi connectivity index (χ4v) is 2.81. The first-order chi connectivity index (χ1) is 13.1. The van der Waals surface area contributed by atoms with E-state index < -0.39 is 5.97 Å². The number of benzene rings is 2. The molecule has 0 unspecified atom stereocenters. The van der Waals surface area contributed by atoms with Crippen molar-refractivity contribution < 1.29 is 14.3 Å². The van der Waals surface area contributed by atoms with Gasteiger partial charge < -0.3 is 10.1 Å². The predicted molar refractivity (Wildman–Crippen MR) is 105 cm³/mol. The quantitative estimate of drug-likeness (QED) is 0.383. The molecule has 1 heterocycles. The Balaban J connectivity index is 1.43. The van der Waals surface area contributed by atoms with Crippen molar-refractivity contribution in [3.63, 3.8) is 0 Å². The van der Waals surface area contributed by atoms with Crippen LogP contribution in [-0.4, -0.2) is 30.0 Å². The van der Waals surface area contributed by atoms with E-state index >= 15 is 0 Å². The number of carbonyl (C=O) groups is 2. The number of aromatic nitrogens is 1. The van der Waals surface area contributed by atoms with Crippen molar-refractivity contribution in [2.75, 3.05) is 13.2 Å². The maximum Gasteiger partial charge on any atom is 0.338 e. The number of ether oxygens (including phenoxy) is 1. The zero-order chi connectivity index (χ0) is 19.1. The predicted octanol–water partition coefficient (Wildman–Crippen LogP) is 3.79. The molecule has 27 heavy (non-hydrogen) atoms. The molecule has 0 radical (unpaired) electrons. The molecule has 1 amide bonds. The minimum atomic E-state index is -0.550. The number of hydrogen-bond donors (Lipinski definition) is 1. The second-order valence-electron chi connectivity index (χ2n) is 6.06. The van der Waals surface area contributed by atoms with Crippen LogP contribution in [0.15, 0.2) is 60.7 Å². The summed E-state index contributed by atoms with van der Waals surface area (Å²) in [7, 11) is 0. The average Bonchev–Trinajstić information content (AvgIpc) is 2.69. The normalized spacial score (nSPS) is 10.6. The summed E-state index contributed by atoms with van der Waals surface area (Å²) in [5, 5.41) is 3.92. The van der Waals surface area contributed by atoms with E-state index in [0.29, 0.717) is 22.8 Å². The van der Waals surface area contributed by atoms with Gasteiger partial charge >= 0.3 is 5.97 Å². The first-order valence-corrected chi connectivity index (χ1v) is 9.04. The number of carbonyl (C=O) groups excluding carboxylic acids is 2. The molecule has 3 rings (SSSR count). The molecule has 2 aromatic carbocycles. The van der Waals surface area contributed by atoms with Gasteiger partial charge in [0.05, 0.1) is 11.1 Å². The van der Waals surface area contributed by atoms with Crippen molar-refractivity contribution in [1.82, 2.24) is 10.3 Å². The summed E-state index contributed by atoms with van der Waals surface area (Å²) < 4.78 is 5.08. The summed E-state index contributed by atoms with van der Waals surface area (Å²) in [5.74, 6) is -0.864. The second kappa shape index (κ2) is 9.14. The molecule has 6 heteroatoms. The van der Waals surface area contributed by atoms with Gasteiger partial charge in [0, 0.05) is 11.9 Å². The maximum absolute atomic E-state index is 12.1. The first kappa shape index (κ1) is 18.9. The molecule has 0 aliphatic rings. The van der Waals surface area contributed by atoms with Gasteiger partial charge in [-0.2, -0.15) is 0 Å². The Hall–Kier alpha value is -2.92. The Morgan fingerprint density at radius 1 is 1.04 bits per heavy atom. The monoisotopic (exact) mass is 382 g/mol. The van der Waals surface area contributed by atoms with Crippen LogP contribution in [0.4, 0.5) is 0 Å². The van der Waals surface area contributed by atoms with Crippen LogP contribution < -0.4 is 5.32 Å². The van der Waals surface area contributed by atoms with Crippen LogP contribution in [0.25, 0.3) is 10.9 Å². The molecule has 138 valence electrons. The van der Waals surface area contributed by atoms with Crippen molar-refractivity contribution >= 4 is 34.4 Å². The first-order valence-electron chi connectivity index (χ1n) is 8.66. The third kappa shape index (κ3) is 5.53. The fraction of sp³-hybridized carbons (Fsp3) is 0.190. The molecule has 1 aromatic heterocycles. The summed E-state index contributed by atoms with van der Waals surface area (Å²) in [5.41, 5.74) is 2.28. The molecule has 1 N–H and O–H groups in total. The largest absolute Gasteiger partial charge is 0.452 e. The molecular formula is C21H19ClN2O3. The molecular weight excluding hydrogens is 364 g/mol. The lowest BCUT2D eigenvalue weighted by atomic mass is 10.1. The lowest BCUT2D eigenvalue weighted by molar-refractivity contribution is -0.124. The number of amides is 1. The van der Waals surface area contributed by atoms with Gasteiger partial charge in [0.2, 0.25) is 0 Å². The van der Waals surface area contributed by atoms with Gasteiger partial charge in [-0.05, 0) is 48.7 Å². The van der Waals surface area contributed by atoms with Crippen molar-refractivity contribution in [2.45, 2.75) is 12.8 Å². The molecule has 0 atom stereocenters. The molecule has 0 fully saturated rings. The zero-order valence-corrected chi connectivity index (χ0v) is 15.4. The Bertz CT molecular complexity index is 945. The molecule has 0 aliphatic carbocycles. The summed E-state index contributed by atoms with van der Waals surface area (Å²) >= 11 is 5.85. The summed E-state index contributed by atoms with van der Waals surface area (Å²) in [6.45, 7) is 0.231. The van der Waals surface area contributed by atoms with Crippen LogP contribution in [0, 0.1) is 0 Å². The number of nitrogens with zero attached hydrogens (tertiary/aromatic N) is 1. The molecule has 3 aromatic rings. The van der Waals surface area contributed by atoms with E-state index in [9.17, 15) is 9.59 Å². The van der Waals surface area contributed by atoms with Gasteiger partial charge in [0.1, 0.15) is 5.15 Å². The molecule has 0 aliphatic heterocycles. The van der Waals surface area contributed by atoms with Crippen LogP contribution in [0.3, 0.4) is 0 Å². The Morgan fingerprint density at radius 2 is 1.85 bits per heavy atom. The SMILES string of the molecule is O=C(COC(=O)c1ccc2nc(Cl)ccc2c1)NCCCc1ccccc1. The highest BCUT2D eigenvalue weighted by Crippen LogP contribution is 2.17. The van der Waals surface area contributed by atoms with Crippen LogP contribution in [-0.2, 0) is 16.0 Å². The van der Waals surface area contributed by atoms with Crippen LogP contribution in [0.2, 0.25) is 5.15 Å². The summed E-state index contributed by atoms with van der Waals surface area (Å²) in [6.07, 6.45) is 1.71. The average molecular weight is 383 g/mol. The molecule has 0 spiro atoms.